The number of methoxy groups -OCH3 is 1. The van der Waals surface area contributed by atoms with Gasteiger partial charge in [-0.25, -0.2) is 4.98 Å². The van der Waals surface area contributed by atoms with Crippen molar-refractivity contribution in [1.29, 1.82) is 0 Å². The highest BCUT2D eigenvalue weighted by Crippen LogP contribution is 2.37. The summed E-state index contributed by atoms with van der Waals surface area (Å²) in [7, 11) is 1.65. The van der Waals surface area contributed by atoms with Crippen molar-refractivity contribution >= 4 is 32.6 Å². The number of ether oxygens (including phenoxy) is 2. The fraction of sp³-hybridized carbons (Fsp3) is 0.556. The Hall–Kier alpha value is -1.66. The van der Waals surface area contributed by atoms with Gasteiger partial charge in [0.1, 0.15) is 11.3 Å². The van der Waals surface area contributed by atoms with Crippen LogP contribution in [0.15, 0.2) is 18.2 Å². The lowest BCUT2D eigenvalue weighted by atomic mass is 9.84. The Morgan fingerprint density at radius 2 is 2.25 bits per heavy atom. The Labute approximate surface area is 145 Å². The zero-order chi connectivity index (χ0) is 16.5. The van der Waals surface area contributed by atoms with Crippen LogP contribution in [-0.4, -0.2) is 37.3 Å². The van der Waals surface area contributed by atoms with Crippen LogP contribution < -0.4 is 9.64 Å². The van der Waals surface area contributed by atoms with Gasteiger partial charge < -0.3 is 9.47 Å². The molecule has 1 aromatic heterocycles. The van der Waals surface area contributed by atoms with E-state index in [0.717, 1.165) is 59.8 Å². The molecule has 1 atom stereocenters. The first-order valence-corrected chi connectivity index (χ1v) is 9.44. The maximum absolute atomic E-state index is 13.0. The molecule has 6 heteroatoms. The summed E-state index contributed by atoms with van der Waals surface area (Å²) in [6.45, 7) is 1.40. The molecule has 5 nitrogen and oxygen atoms in total. The van der Waals surface area contributed by atoms with Gasteiger partial charge in [-0.15, -0.1) is 0 Å². The van der Waals surface area contributed by atoms with Gasteiger partial charge in [-0.05, 0) is 37.8 Å². The van der Waals surface area contributed by atoms with Crippen molar-refractivity contribution in [2.45, 2.75) is 38.2 Å². The summed E-state index contributed by atoms with van der Waals surface area (Å²) in [6.07, 6.45) is 5.36. The fourth-order valence-corrected chi connectivity index (χ4v) is 4.32. The molecular weight excluding hydrogens is 324 g/mol. The molecule has 128 valence electrons. The second-order valence-electron chi connectivity index (χ2n) is 6.52. The van der Waals surface area contributed by atoms with Crippen molar-refractivity contribution in [3.8, 4) is 5.75 Å². The van der Waals surface area contributed by atoms with Crippen LogP contribution in [0.25, 0.3) is 10.2 Å². The molecule has 1 saturated heterocycles. The lowest BCUT2D eigenvalue weighted by Gasteiger charge is -2.31. The summed E-state index contributed by atoms with van der Waals surface area (Å²) in [5.74, 6) is 1.11. The first-order chi connectivity index (χ1) is 11.8. The lowest BCUT2D eigenvalue weighted by molar-refractivity contribution is -0.125. The van der Waals surface area contributed by atoms with E-state index in [2.05, 4.69) is 0 Å². The molecule has 1 aliphatic heterocycles. The number of hydrogen-bond donors (Lipinski definition) is 0. The predicted octanol–water partition coefficient (Wildman–Crippen LogP) is 3.62. The van der Waals surface area contributed by atoms with E-state index in [1.54, 1.807) is 18.4 Å². The topological polar surface area (TPSA) is 51.7 Å². The summed E-state index contributed by atoms with van der Waals surface area (Å²) in [6, 6.07) is 5.89. The highest BCUT2D eigenvalue weighted by atomic mass is 32.1. The van der Waals surface area contributed by atoms with Crippen molar-refractivity contribution in [2.75, 3.05) is 25.2 Å². The summed E-state index contributed by atoms with van der Waals surface area (Å²) in [5, 5.41) is 0.766. The third-order valence-corrected chi connectivity index (χ3v) is 6.00. The van der Waals surface area contributed by atoms with Crippen LogP contribution in [0, 0.1) is 5.92 Å². The molecule has 0 N–H and O–H groups in total. The smallest absolute Gasteiger partial charge is 0.231 e. The molecule has 2 heterocycles. The number of thiazole rings is 1. The zero-order valence-corrected chi connectivity index (χ0v) is 14.7. The second-order valence-corrected chi connectivity index (χ2v) is 7.52. The Morgan fingerprint density at radius 3 is 2.92 bits per heavy atom. The van der Waals surface area contributed by atoms with E-state index >= 15 is 0 Å². The van der Waals surface area contributed by atoms with Crippen LogP contribution in [0.2, 0.25) is 0 Å². The average Bonchev–Trinajstić information content (AvgIpc) is 3.19. The fourth-order valence-electron chi connectivity index (χ4n) is 3.32. The average molecular weight is 346 g/mol. The van der Waals surface area contributed by atoms with Gasteiger partial charge in [-0.2, -0.15) is 0 Å². The number of anilines is 1. The highest BCUT2D eigenvalue weighted by molar-refractivity contribution is 7.22. The van der Waals surface area contributed by atoms with Crippen LogP contribution in [0.4, 0.5) is 5.13 Å². The molecule has 2 aromatic rings. The number of hydrogen-bond acceptors (Lipinski definition) is 5. The molecule has 0 spiro atoms. The molecule has 1 amide bonds. The molecule has 24 heavy (non-hydrogen) atoms. The van der Waals surface area contributed by atoms with Gasteiger partial charge in [-0.1, -0.05) is 23.8 Å². The van der Waals surface area contributed by atoms with E-state index in [9.17, 15) is 4.79 Å². The number of para-hydroxylation sites is 1. The molecule has 2 aliphatic rings. The Morgan fingerprint density at radius 1 is 1.38 bits per heavy atom. The van der Waals surface area contributed by atoms with E-state index in [0.29, 0.717) is 6.54 Å². The number of fused-ring (bicyclic) bond motifs is 1. The van der Waals surface area contributed by atoms with Gasteiger partial charge in [0.15, 0.2) is 5.13 Å². The molecular formula is C18H22N2O3S. The molecule has 1 unspecified atom stereocenters. The first-order valence-electron chi connectivity index (χ1n) is 8.63. The van der Waals surface area contributed by atoms with Gasteiger partial charge in [0.05, 0.1) is 24.5 Å². The van der Waals surface area contributed by atoms with Crippen molar-refractivity contribution in [3.05, 3.63) is 18.2 Å². The molecule has 1 aromatic carbocycles. The summed E-state index contributed by atoms with van der Waals surface area (Å²) >= 11 is 1.56. The highest BCUT2D eigenvalue weighted by Gasteiger charge is 2.33. The largest absolute Gasteiger partial charge is 0.494 e. The van der Waals surface area contributed by atoms with E-state index in [-0.39, 0.29) is 17.9 Å². The number of amides is 1. The first kappa shape index (κ1) is 15.8. The monoisotopic (exact) mass is 346 g/mol. The van der Waals surface area contributed by atoms with Crippen molar-refractivity contribution in [1.82, 2.24) is 4.98 Å². The standard InChI is InChI=1S/C18H22N2O3S/c1-22-14-8-3-9-15-16(14)19-18(24-15)20(11-13-7-4-10-23-13)17(21)12-5-2-6-12/h3,8-9,12-13H,2,4-7,10-11H2,1H3. The maximum Gasteiger partial charge on any atom is 0.231 e. The summed E-state index contributed by atoms with van der Waals surface area (Å²) in [4.78, 5) is 19.5. The van der Waals surface area contributed by atoms with E-state index < -0.39 is 0 Å². The van der Waals surface area contributed by atoms with Crippen LogP contribution in [0.1, 0.15) is 32.1 Å². The van der Waals surface area contributed by atoms with Crippen molar-refractivity contribution < 1.29 is 14.3 Å². The molecule has 1 saturated carbocycles. The van der Waals surface area contributed by atoms with E-state index in [1.807, 2.05) is 23.1 Å². The normalized spacial score (nSPS) is 21.0. The maximum atomic E-state index is 13.0. The quantitative estimate of drug-likeness (QED) is 0.830. The Kier molecular flexibility index (Phi) is 4.41. The third-order valence-electron chi connectivity index (χ3n) is 4.95. The van der Waals surface area contributed by atoms with Gasteiger partial charge in [0.2, 0.25) is 5.91 Å². The van der Waals surface area contributed by atoms with Crippen LogP contribution in [-0.2, 0) is 9.53 Å². The third kappa shape index (κ3) is 2.89. The summed E-state index contributed by atoms with van der Waals surface area (Å²) in [5.41, 5.74) is 0.832. The number of benzene rings is 1. The van der Waals surface area contributed by atoms with Gasteiger partial charge in [0.25, 0.3) is 0 Å². The zero-order valence-electron chi connectivity index (χ0n) is 13.9. The molecule has 2 fully saturated rings. The summed E-state index contributed by atoms with van der Waals surface area (Å²) < 4.78 is 12.2. The second kappa shape index (κ2) is 6.69. The molecule has 1 aliphatic carbocycles. The van der Waals surface area contributed by atoms with Crippen LogP contribution in [0.3, 0.4) is 0 Å². The number of carbonyl (C=O) groups is 1. The van der Waals surface area contributed by atoms with Gasteiger partial charge in [-0.3, -0.25) is 9.69 Å². The number of aromatic nitrogens is 1. The van der Waals surface area contributed by atoms with Crippen molar-refractivity contribution in [2.24, 2.45) is 5.92 Å². The Bertz CT molecular complexity index is 735. The van der Waals surface area contributed by atoms with Crippen LogP contribution >= 0.6 is 11.3 Å². The minimum absolute atomic E-state index is 0.128. The Balaban J connectivity index is 1.67. The van der Waals surface area contributed by atoms with E-state index in [1.165, 1.54) is 0 Å². The number of rotatable bonds is 5. The van der Waals surface area contributed by atoms with Gasteiger partial charge in [0, 0.05) is 12.5 Å². The minimum Gasteiger partial charge on any atom is -0.494 e. The number of nitrogens with zero attached hydrogens (tertiary/aromatic N) is 2. The lowest BCUT2D eigenvalue weighted by Crippen LogP contribution is -2.43. The SMILES string of the molecule is COc1cccc2sc(N(CC3CCCO3)C(=O)C3CCC3)nc12. The minimum atomic E-state index is 0.128. The number of carbonyl (C=O) groups excluding carboxylic acids is 1. The predicted molar refractivity (Wildman–Crippen MR) is 94.8 cm³/mol. The molecule has 4 rings (SSSR count). The van der Waals surface area contributed by atoms with Gasteiger partial charge >= 0.3 is 0 Å². The van der Waals surface area contributed by atoms with Crippen molar-refractivity contribution in [3.63, 3.8) is 0 Å². The van der Waals surface area contributed by atoms with E-state index in [4.69, 9.17) is 14.5 Å². The molecule has 0 bridgehead atoms. The molecule has 0 radical (unpaired) electrons. The van der Waals surface area contributed by atoms with Crippen LogP contribution in [0.5, 0.6) is 5.75 Å².